The van der Waals surface area contributed by atoms with Crippen LogP contribution in [-0.4, -0.2) is 104 Å². The monoisotopic (exact) mass is 517 g/mol. The molecule has 0 aliphatic rings. The number of ether oxygens (including phenoxy) is 5. The van der Waals surface area contributed by atoms with E-state index in [1.807, 2.05) is 81.6 Å². The van der Waals surface area contributed by atoms with E-state index in [0.717, 1.165) is 29.1 Å². The molecule has 0 saturated heterocycles. The summed E-state index contributed by atoms with van der Waals surface area (Å²) < 4.78 is 27.2. The third kappa shape index (κ3) is 12.8. The number of rotatable bonds is 18. The van der Waals surface area contributed by atoms with E-state index in [9.17, 15) is 4.79 Å². The summed E-state index contributed by atoms with van der Waals surface area (Å²) in [6.45, 7) is 4.91. The molecule has 0 bridgehead atoms. The maximum absolute atomic E-state index is 12.9. The Bertz CT molecular complexity index is 874. The van der Waals surface area contributed by atoms with E-state index in [-0.39, 0.29) is 12.7 Å². The highest BCUT2D eigenvalue weighted by atomic mass is 16.6. The SMILES string of the molecule is COc1ccc(CN(Cc2ccc(N(C)C)cc2)C(=O)OCCOCCOCCOCCN(C)C)cc1. The lowest BCUT2D eigenvalue weighted by Crippen LogP contribution is -2.31. The van der Waals surface area contributed by atoms with Crippen LogP contribution >= 0.6 is 0 Å². The van der Waals surface area contributed by atoms with E-state index >= 15 is 0 Å². The molecule has 2 aromatic carbocycles. The van der Waals surface area contributed by atoms with Crippen molar-refractivity contribution in [3.63, 3.8) is 0 Å². The van der Waals surface area contributed by atoms with Crippen LogP contribution in [0.1, 0.15) is 11.1 Å². The number of anilines is 1. The first kappa shape index (κ1) is 30.4. The fourth-order valence-electron chi connectivity index (χ4n) is 3.32. The molecule has 2 aromatic rings. The molecule has 0 unspecified atom stereocenters. The van der Waals surface area contributed by atoms with Crippen molar-refractivity contribution < 1.29 is 28.5 Å². The molecule has 0 aliphatic carbocycles. The van der Waals surface area contributed by atoms with Crippen molar-refractivity contribution in [2.24, 2.45) is 0 Å². The summed E-state index contributed by atoms with van der Waals surface area (Å²) in [6.07, 6.45) is -0.387. The van der Waals surface area contributed by atoms with E-state index in [2.05, 4.69) is 4.90 Å². The second-order valence-corrected chi connectivity index (χ2v) is 9.02. The molecule has 0 N–H and O–H groups in total. The van der Waals surface area contributed by atoms with Gasteiger partial charge in [0.05, 0.1) is 46.8 Å². The Hall–Kier alpha value is -2.85. The fourth-order valence-corrected chi connectivity index (χ4v) is 3.32. The zero-order chi connectivity index (χ0) is 26.9. The molecule has 37 heavy (non-hydrogen) atoms. The summed E-state index contributed by atoms with van der Waals surface area (Å²) in [5.41, 5.74) is 3.11. The topological polar surface area (TPSA) is 72.9 Å². The Morgan fingerprint density at radius 2 is 1.16 bits per heavy atom. The number of carbonyl (C=O) groups excluding carboxylic acids is 1. The predicted molar refractivity (Wildman–Crippen MR) is 145 cm³/mol. The van der Waals surface area contributed by atoms with Crippen LogP contribution < -0.4 is 9.64 Å². The molecule has 0 aliphatic heterocycles. The van der Waals surface area contributed by atoms with Gasteiger partial charge in [-0.3, -0.25) is 4.90 Å². The minimum atomic E-state index is -0.387. The Morgan fingerprint density at radius 3 is 1.65 bits per heavy atom. The molecular formula is C28H43N3O6. The van der Waals surface area contributed by atoms with Crippen molar-refractivity contribution in [3.05, 3.63) is 59.7 Å². The lowest BCUT2D eigenvalue weighted by molar-refractivity contribution is 0.00130. The van der Waals surface area contributed by atoms with E-state index in [4.69, 9.17) is 23.7 Å². The first-order valence-corrected chi connectivity index (χ1v) is 12.6. The molecule has 0 radical (unpaired) electrons. The van der Waals surface area contributed by atoms with Gasteiger partial charge >= 0.3 is 6.09 Å². The van der Waals surface area contributed by atoms with Crippen LogP contribution in [0.4, 0.5) is 10.5 Å². The summed E-state index contributed by atoms with van der Waals surface area (Å²) in [6, 6.07) is 15.8. The van der Waals surface area contributed by atoms with E-state index < -0.39 is 0 Å². The van der Waals surface area contributed by atoms with Gasteiger partial charge in [-0.1, -0.05) is 24.3 Å². The minimum absolute atomic E-state index is 0.172. The van der Waals surface area contributed by atoms with Crippen molar-refractivity contribution in [1.29, 1.82) is 0 Å². The van der Waals surface area contributed by atoms with Gasteiger partial charge in [0, 0.05) is 39.4 Å². The standard InChI is InChI=1S/C28H43N3O6/c1-29(2)14-15-34-16-17-35-18-19-36-20-21-37-28(32)31(23-25-8-12-27(33-5)13-9-25)22-24-6-10-26(11-7-24)30(3)4/h6-13H,14-23H2,1-5H3. The van der Waals surface area contributed by atoms with Crippen molar-refractivity contribution >= 4 is 11.8 Å². The third-order valence-corrected chi connectivity index (χ3v) is 5.50. The molecular weight excluding hydrogens is 474 g/mol. The van der Waals surface area contributed by atoms with Crippen LogP contribution in [-0.2, 0) is 32.0 Å². The predicted octanol–water partition coefficient (Wildman–Crippen LogP) is 3.51. The van der Waals surface area contributed by atoms with Gasteiger partial charge in [0.25, 0.3) is 0 Å². The van der Waals surface area contributed by atoms with Crippen molar-refractivity contribution in [2.75, 3.05) is 93.0 Å². The molecule has 0 heterocycles. The lowest BCUT2D eigenvalue weighted by Gasteiger charge is -2.23. The molecule has 2 rings (SSSR count). The smallest absolute Gasteiger partial charge is 0.410 e. The molecule has 9 heteroatoms. The fraction of sp³-hybridized carbons (Fsp3) is 0.536. The van der Waals surface area contributed by atoms with Crippen molar-refractivity contribution in [3.8, 4) is 5.75 Å². The molecule has 0 saturated carbocycles. The number of hydrogen-bond donors (Lipinski definition) is 0. The summed E-state index contributed by atoms with van der Waals surface area (Å²) in [4.78, 5) is 18.7. The first-order chi connectivity index (χ1) is 17.9. The Morgan fingerprint density at radius 1 is 0.676 bits per heavy atom. The molecule has 0 spiro atoms. The highest BCUT2D eigenvalue weighted by molar-refractivity contribution is 5.67. The van der Waals surface area contributed by atoms with E-state index in [1.165, 1.54) is 0 Å². The second kappa shape index (κ2) is 17.6. The summed E-state index contributed by atoms with van der Waals surface area (Å²) in [5.74, 6) is 0.773. The molecule has 206 valence electrons. The first-order valence-electron chi connectivity index (χ1n) is 12.6. The Kier molecular flexibility index (Phi) is 14.4. The van der Waals surface area contributed by atoms with Gasteiger partial charge in [-0.05, 0) is 49.5 Å². The Labute approximate surface area is 221 Å². The van der Waals surface area contributed by atoms with Gasteiger partial charge in [0.2, 0.25) is 0 Å². The number of nitrogens with zero attached hydrogens (tertiary/aromatic N) is 3. The molecule has 0 atom stereocenters. The third-order valence-electron chi connectivity index (χ3n) is 5.50. The lowest BCUT2D eigenvalue weighted by atomic mass is 10.1. The average molecular weight is 518 g/mol. The van der Waals surface area contributed by atoms with Gasteiger partial charge in [-0.25, -0.2) is 4.79 Å². The zero-order valence-electron chi connectivity index (χ0n) is 23.0. The normalized spacial score (nSPS) is 11.0. The van der Waals surface area contributed by atoms with Crippen LogP contribution in [0.25, 0.3) is 0 Å². The summed E-state index contributed by atoms with van der Waals surface area (Å²) in [7, 11) is 9.65. The van der Waals surface area contributed by atoms with Crippen molar-refractivity contribution in [1.82, 2.24) is 9.80 Å². The van der Waals surface area contributed by atoms with Crippen LogP contribution in [0.3, 0.4) is 0 Å². The van der Waals surface area contributed by atoms with Crippen LogP contribution in [0.15, 0.2) is 48.5 Å². The highest BCUT2D eigenvalue weighted by Gasteiger charge is 2.16. The van der Waals surface area contributed by atoms with Gasteiger partial charge < -0.3 is 33.5 Å². The second-order valence-electron chi connectivity index (χ2n) is 9.02. The number of hydrogen-bond acceptors (Lipinski definition) is 8. The maximum Gasteiger partial charge on any atom is 0.410 e. The number of methoxy groups -OCH3 is 1. The van der Waals surface area contributed by atoms with Crippen LogP contribution in [0.5, 0.6) is 5.75 Å². The molecule has 1 amide bonds. The molecule has 0 aromatic heterocycles. The molecule has 0 fully saturated rings. The number of amides is 1. The highest BCUT2D eigenvalue weighted by Crippen LogP contribution is 2.18. The van der Waals surface area contributed by atoms with Gasteiger partial charge in [-0.2, -0.15) is 0 Å². The number of likely N-dealkylation sites (N-methyl/N-ethyl adjacent to an activating group) is 1. The minimum Gasteiger partial charge on any atom is -0.497 e. The van der Waals surface area contributed by atoms with E-state index in [1.54, 1.807) is 12.0 Å². The molecule has 9 nitrogen and oxygen atoms in total. The average Bonchev–Trinajstić information content (AvgIpc) is 2.89. The van der Waals surface area contributed by atoms with Crippen molar-refractivity contribution in [2.45, 2.75) is 13.1 Å². The Balaban J connectivity index is 1.75. The van der Waals surface area contributed by atoms with Gasteiger partial charge in [0.1, 0.15) is 12.4 Å². The maximum atomic E-state index is 12.9. The summed E-state index contributed by atoms with van der Waals surface area (Å²) in [5, 5.41) is 0. The van der Waals surface area contributed by atoms with Crippen LogP contribution in [0, 0.1) is 0 Å². The number of benzene rings is 2. The van der Waals surface area contributed by atoms with Gasteiger partial charge in [0.15, 0.2) is 0 Å². The van der Waals surface area contributed by atoms with E-state index in [0.29, 0.717) is 52.7 Å². The zero-order valence-corrected chi connectivity index (χ0v) is 23.0. The largest absolute Gasteiger partial charge is 0.497 e. The van der Waals surface area contributed by atoms with Gasteiger partial charge in [-0.15, -0.1) is 0 Å². The van der Waals surface area contributed by atoms with Crippen LogP contribution in [0.2, 0.25) is 0 Å². The number of carbonyl (C=O) groups is 1. The quantitative estimate of drug-likeness (QED) is 0.278. The summed E-state index contributed by atoms with van der Waals surface area (Å²) >= 11 is 0.